The molecule has 0 aromatic carbocycles. The zero-order chi connectivity index (χ0) is 12.1. The molecule has 2 aromatic heterocycles. The maximum absolute atomic E-state index is 4.57. The zero-order valence-electron chi connectivity index (χ0n) is 10.1. The quantitative estimate of drug-likeness (QED) is 0.830. The first-order valence-electron chi connectivity index (χ1n) is 6.05. The van der Waals surface area contributed by atoms with Gasteiger partial charge in [0.2, 0.25) is 0 Å². The van der Waals surface area contributed by atoms with Gasteiger partial charge in [0.15, 0.2) is 0 Å². The van der Waals surface area contributed by atoms with Gasteiger partial charge in [-0.2, -0.15) is 0 Å². The molecule has 0 amide bonds. The number of nitrogens with zero attached hydrogens (tertiary/aromatic N) is 2. The minimum absolute atomic E-state index is 0.569. The van der Waals surface area contributed by atoms with Gasteiger partial charge >= 0.3 is 0 Å². The van der Waals surface area contributed by atoms with Crippen LogP contribution in [0.5, 0.6) is 0 Å². The number of aromatic nitrogens is 2. The van der Waals surface area contributed by atoms with Crippen molar-refractivity contribution in [1.82, 2.24) is 14.7 Å². The standard InChI is InChI=1S/C13H18BrN3/c1-2-11(6-7-14)15-9-12-10-17-8-4-3-5-13(17)16-12/h3-5,8,10-11,15H,2,6-7,9H2,1H3. The van der Waals surface area contributed by atoms with Gasteiger partial charge in [0.25, 0.3) is 0 Å². The molecule has 92 valence electrons. The maximum Gasteiger partial charge on any atom is 0.137 e. The van der Waals surface area contributed by atoms with E-state index in [0.29, 0.717) is 6.04 Å². The molecule has 0 bridgehead atoms. The summed E-state index contributed by atoms with van der Waals surface area (Å²) in [5, 5.41) is 4.59. The number of hydrogen-bond donors (Lipinski definition) is 1. The molecule has 2 heterocycles. The van der Waals surface area contributed by atoms with E-state index in [-0.39, 0.29) is 0 Å². The van der Waals surface area contributed by atoms with Crippen molar-refractivity contribution in [3.63, 3.8) is 0 Å². The summed E-state index contributed by atoms with van der Waals surface area (Å²) in [5.74, 6) is 0. The van der Waals surface area contributed by atoms with E-state index in [4.69, 9.17) is 0 Å². The van der Waals surface area contributed by atoms with Crippen LogP contribution < -0.4 is 5.32 Å². The third kappa shape index (κ3) is 3.30. The largest absolute Gasteiger partial charge is 0.308 e. The van der Waals surface area contributed by atoms with E-state index in [1.165, 1.54) is 0 Å². The topological polar surface area (TPSA) is 29.3 Å². The first kappa shape index (κ1) is 12.6. The van der Waals surface area contributed by atoms with Gasteiger partial charge in [-0.15, -0.1) is 0 Å². The first-order valence-corrected chi connectivity index (χ1v) is 7.17. The number of fused-ring (bicyclic) bond motifs is 1. The van der Waals surface area contributed by atoms with Crippen molar-refractivity contribution < 1.29 is 0 Å². The number of pyridine rings is 1. The molecule has 4 heteroatoms. The first-order chi connectivity index (χ1) is 8.33. The van der Waals surface area contributed by atoms with E-state index >= 15 is 0 Å². The van der Waals surface area contributed by atoms with Gasteiger partial charge in [0, 0.05) is 30.3 Å². The van der Waals surface area contributed by atoms with Crippen LogP contribution in [-0.2, 0) is 6.54 Å². The Bertz CT molecular complexity index is 433. The highest BCUT2D eigenvalue weighted by Gasteiger charge is 2.06. The fourth-order valence-electron chi connectivity index (χ4n) is 1.90. The van der Waals surface area contributed by atoms with Crippen LogP contribution in [0.3, 0.4) is 0 Å². The highest BCUT2D eigenvalue weighted by Crippen LogP contribution is 2.06. The predicted molar refractivity (Wildman–Crippen MR) is 74.5 cm³/mol. The fourth-order valence-corrected chi connectivity index (χ4v) is 2.46. The Balaban J connectivity index is 1.98. The second-order valence-corrected chi connectivity index (χ2v) is 4.96. The van der Waals surface area contributed by atoms with Crippen LogP contribution in [0.15, 0.2) is 30.6 Å². The highest BCUT2D eigenvalue weighted by atomic mass is 79.9. The lowest BCUT2D eigenvalue weighted by atomic mass is 10.2. The Morgan fingerprint density at radius 2 is 2.35 bits per heavy atom. The van der Waals surface area contributed by atoms with E-state index in [0.717, 1.165) is 36.1 Å². The molecular weight excluding hydrogens is 278 g/mol. The molecule has 0 fully saturated rings. The van der Waals surface area contributed by atoms with Crippen molar-refractivity contribution in [2.45, 2.75) is 32.4 Å². The van der Waals surface area contributed by atoms with Crippen molar-refractivity contribution in [2.75, 3.05) is 5.33 Å². The Hall–Kier alpha value is -0.870. The van der Waals surface area contributed by atoms with Crippen LogP contribution in [0.4, 0.5) is 0 Å². The van der Waals surface area contributed by atoms with Crippen LogP contribution in [0.2, 0.25) is 0 Å². The average molecular weight is 296 g/mol. The van der Waals surface area contributed by atoms with Crippen LogP contribution in [0.25, 0.3) is 5.65 Å². The second kappa shape index (κ2) is 6.17. The maximum atomic E-state index is 4.57. The number of rotatable bonds is 6. The molecule has 2 rings (SSSR count). The minimum Gasteiger partial charge on any atom is -0.308 e. The van der Waals surface area contributed by atoms with E-state index in [1.807, 2.05) is 24.4 Å². The van der Waals surface area contributed by atoms with Gasteiger partial charge in [-0.1, -0.05) is 28.9 Å². The van der Waals surface area contributed by atoms with Crippen LogP contribution in [0.1, 0.15) is 25.5 Å². The van der Waals surface area contributed by atoms with Crippen molar-refractivity contribution in [3.8, 4) is 0 Å². The molecule has 0 radical (unpaired) electrons. The summed E-state index contributed by atoms with van der Waals surface area (Å²) in [5.41, 5.74) is 2.11. The summed E-state index contributed by atoms with van der Waals surface area (Å²) in [4.78, 5) is 4.57. The van der Waals surface area contributed by atoms with Gasteiger partial charge in [0.05, 0.1) is 5.69 Å². The van der Waals surface area contributed by atoms with E-state index < -0.39 is 0 Å². The fraction of sp³-hybridized carbons (Fsp3) is 0.462. The molecule has 0 aliphatic rings. The Morgan fingerprint density at radius 3 is 3.06 bits per heavy atom. The Kier molecular flexibility index (Phi) is 4.57. The summed E-state index contributed by atoms with van der Waals surface area (Å²) < 4.78 is 2.06. The lowest BCUT2D eigenvalue weighted by molar-refractivity contribution is 0.485. The summed E-state index contributed by atoms with van der Waals surface area (Å²) in [6.45, 7) is 3.05. The molecule has 0 spiro atoms. The van der Waals surface area contributed by atoms with E-state index in [2.05, 4.69) is 43.8 Å². The average Bonchev–Trinajstić information content (AvgIpc) is 2.77. The molecule has 2 aromatic rings. The predicted octanol–water partition coefficient (Wildman–Crippen LogP) is 2.99. The van der Waals surface area contributed by atoms with Crippen molar-refractivity contribution in [3.05, 3.63) is 36.3 Å². The molecule has 0 saturated heterocycles. The number of alkyl halides is 1. The summed E-state index contributed by atoms with van der Waals surface area (Å²) in [7, 11) is 0. The van der Waals surface area contributed by atoms with Crippen molar-refractivity contribution in [2.24, 2.45) is 0 Å². The lowest BCUT2D eigenvalue weighted by Crippen LogP contribution is -2.28. The van der Waals surface area contributed by atoms with Crippen LogP contribution in [-0.4, -0.2) is 20.8 Å². The van der Waals surface area contributed by atoms with E-state index in [9.17, 15) is 0 Å². The Labute approximate surface area is 110 Å². The Morgan fingerprint density at radius 1 is 1.47 bits per heavy atom. The molecular formula is C13H18BrN3. The normalized spacial score (nSPS) is 13.1. The molecule has 17 heavy (non-hydrogen) atoms. The highest BCUT2D eigenvalue weighted by molar-refractivity contribution is 9.09. The van der Waals surface area contributed by atoms with Crippen molar-refractivity contribution in [1.29, 1.82) is 0 Å². The SMILES string of the molecule is CCC(CCBr)NCc1cn2ccccc2n1. The minimum atomic E-state index is 0.569. The smallest absolute Gasteiger partial charge is 0.137 e. The lowest BCUT2D eigenvalue weighted by Gasteiger charge is -2.14. The zero-order valence-corrected chi connectivity index (χ0v) is 11.7. The summed E-state index contributed by atoms with van der Waals surface area (Å²) in [6.07, 6.45) is 6.42. The van der Waals surface area contributed by atoms with Gasteiger partial charge in [0.1, 0.15) is 5.65 Å². The van der Waals surface area contributed by atoms with Gasteiger partial charge in [-0.25, -0.2) is 4.98 Å². The number of imidazole rings is 1. The third-order valence-corrected chi connectivity index (χ3v) is 3.39. The second-order valence-electron chi connectivity index (χ2n) is 4.16. The molecule has 3 nitrogen and oxygen atoms in total. The molecule has 1 unspecified atom stereocenters. The van der Waals surface area contributed by atoms with Gasteiger partial charge in [-0.3, -0.25) is 0 Å². The van der Waals surface area contributed by atoms with Crippen LogP contribution in [0, 0.1) is 0 Å². The summed E-state index contributed by atoms with van der Waals surface area (Å²) in [6, 6.07) is 6.63. The molecule has 0 aliphatic heterocycles. The molecule has 1 atom stereocenters. The van der Waals surface area contributed by atoms with Gasteiger partial charge < -0.3 is 9.72 Å². The summed E-state index contributed by atoms with van der Waals surface area (Å²) >= 11 is 3.49. The van der Waals surface area contributed by atoms with Crippen molar-refractivity contribution >= 4 is 21.6 Å². The number of hydrogen-bond acceptors (Lipinski definition) is 2. The van der Waals surface area contributed by atoms with E-state index in [1.54, 1.807) is 0 Å². The number of nitrogens with one attached hydrogen (secondary N) is 1. The third-order valence-electron chi connectivity index (χ3n) is 2.94. The van der Waals surface area contributed by atoms with Gasteiger partial charge in [-0.05, 0) is 25.0 Å². The number of halogens is 1. The molecule has 1 N–H and O–H groups in total. The van der Waals surface area contributed by atoms with Crippen LogP contribution >= 0.6 is 15.9 Å². The monoisotopic (exact) mass is 295 g/mol. The molecule has 0 saturated carbocycles. The molecule has 0 aliphatic carbocycles.